The maximum Gasteiger partial charge on any atom is 0.274 e. The van der Waals surface area contributed by atoms with E-state index in [9.17, 15) is 19.2 Å². The quantitative estimate of drug-likeness (QED) is 0.0468. The highest BCUT2D eigenvalue weighted by molar-refractivity contribution is 7.22. The maximum atomic E-state index is 13.1. The molecule has 298 valence electrons. The summed E-state index contributed by atoms with van der Waals surface area (Å²) in [5.41, 5.74) is 8.36. The van der Waals surface area contributed by atoms with E-state index in [1.165, 1.54) is 34.7 Å². The Hall–Kier alpha value is -4.84. The predicted octanol–water partition coefficient (Wildman–Crippen LogP) is 9.04. The lowest BCUT2D eigenvalue weighted by atomic mass is 10.0. The van der Waals surface area contributed by atoms with Crippen LogP contribution in [0.25, 0.3) is 20.0 Å². The molecule has 4 heterocycles. The van der Waals surface area contributed by atoms with Crippen molar-refractivity contribution >= 4 is 68.7 Å². The first kappa shape index (κ1) is 40.0. The average molecular weight is 853 g/mol. The molecule has 0 atom stereocenters. The van der Waals surface area contributed by atoms with Crippen molar-refractivity contribution in [2.45, 2.75) is 88.9 Å². The number of rotatable bonds is 14. The lowest BCUT2D eigenvalue weighted by Crippen LogP contribution is -2.18. The number of Topliss-reactive ketones (excluding diaryl/α,β-unsaturated/α-hetero) is 2. The number of hydrogen-bond donors (Lipinski definition) is 4. The first-order chi connectivity index (χ1) is 28.3. The molecule has 9 rings (SSSR count). The summed E-state index contributed by atoms with van der Waals surface area (Å²) in [6.45, 7) is 0. The molecule has 0 unspecified atom stereocenters. The Morgan fingerprint density at radius 3 is 1.55 bits per heavy atom. The van der Waals surface area contributed by atoms with Gasteiger partial charge in [0, 0.05) is 50.2 Å². The molecule has 16 heteroatoms. The van der Waals surface area contributed by atoms with Crippen LogP contribution in [0.5, 0.6) is 0 Å². The summed E-state index contributed by atoms with van der Waals surface area (Å²) in [6.07, 6.45) is 12.8. The molecular weight excluding hydrogens is 813 g/mol. The van der Waals surface area contributed by atoms with E-state index < -0.39 is 11.8 Å². The molecule has 2 fully saturated rings. The van der Waals surface area contributed by atoms with Crippen molar-refractivity contribution in [2.75, 3.05) is 0 Å². The van der Waals surface area contributed by atoms with Gasteiger partial charge in [0.15, 0.2) is 31.6 Å². The predicted molar refractivity (Wildman–Crippen MR) is 224 cm³/mol. The smallest absolute Gasteiger partial charge is 0.274 e. The van der Waals surface area contributed by atoms with E-state index >= 15 is 0 Å². The molecule has 4 aromatic heterocycles. The van der Waals surface area contributed by atoms with E-state index in [1.54, 1.807) is 87.6 Å². The number of fused-ring (bicyclic) bond motifs is 1. The number of nitrogens with zero attached hydrogens (tertiary/aromatic N) is 4. The van der Waals surface area contributed by atoms with Gasteiger partial charge in [0.05, 0.1) is 5.69 Å². The Morgan fingerprint density at radius 1 is 0.621 bits per heavy atom. The number of carbonyl (C=O) groups is 4. The number of hydrogen-bond acceptors (Lipinski definition) is 14. The molecule has 58 heavy (non-hydrogen) atoms. The van der Waals surface area contributed by atoms with Gasteiger partial charge in [0.25, 0.3) is 11.8 Å². The topological polar surface area (TPSA) is 184 Å². The van der Waals surface area contributed by atoms with Crippen LogP contribution >= 0.6 is 45.3 Å². The van der Waals surface area contributed by atoms with Gasteiger partial charge in [-0.25, -0.2) is 30.9 Å². The minimum atomic E-state index is -0.552. The second-order valence-corrected chi connectivity index (χ2v) is 18.6. The zero-order chi connectivity index (χ0) is 40.2. The van der Waals surface area contributed by atoms with Crippen molar-refractivity contribution in [1.29, 1.82) is 0 Å². The largest absolute Gasteiger partial charge is 0.292 e. The molecule has 3 aliphatic carbocycles. The van der Waals surface area contributed by atoms with Gasteiger partial charge in [0.1, 0.15) is 11.4 Å². The van der Waals surface area contributed by atoms with Crippen LogP contribution in [0.1, 0.15) is 136 Å². The summed E-state index contributed by atoms with van der Waals surface area (Å²) in [6, 6.07) is 13.8. The van der Waals surface area contributed by atoms with E-state index in [-0.39, 0.29) is 11.6 Å². The van der Waals surface area contributed by atoms with Crippen LogP contribution in [-0.4, -0.2) is 53.7 Å². The third-order valence-electron chi connectivity index (χ3n) is 10.3. The second kappa shape index (κ2) is 18.0. The van der Waals surface area contributed by atoms with Gasteiger partial charge in [-0.2, -0.15) is 0 Å². The zero-order valence-electron chi connectivity index (χ0n) is 31.4. The van der Waals surface area contributed by atoms with E-state index in [1.807, 2.05) is 17.5 Å². The lowest BCUT2D eigenvalue weighted by molar-refractivity contribution is 0.0702. The summed E-state index contributed by atoms with van der Waals surface area (Å²) in [5.74, 6) is -0.0435. The van der Waals surface area contributed by atoms with Crippen LogP contribution in [-0.2, 0) is 25.7 Å². The first-order valence-corrected chi connectivity index (χ1v) is 22.6. The number of carbonyl (C=O) groups excluding carboxylic acids is 4. The van der Waals surface area contributed by atoms with Crippen LogP contribution in [0, 0.1) is 0 Å². The normalized spacial score (nSPS) is 14.6. The summed E-state index contributed by atoms with van der Waals surface area (Å²) in [4.78, 5) is 70.8. The Balaban J connectivity index is 0.000000164. The molecule has 4 N–H and O–H groups in total. The van der Waals surface area contributed by atoms with E-state index in [0.29, 0.717) is 60.0 Å². The monoisotopic (exact) mass is 852 g/mol. The summed E-state index contributed by atoms with van der Waals surface area (Å²) in [5, 5.41) is 22.8. The van der Waals surface area contributed by atoms with Crippen LogP contribution < -0.4 is 11.0 Å². The molecule has 0 spiro atoms. The summed E-state index contributed by atoms with van der Waals surface area (Å²) < 4.78 is 0. The fourth-order valence-electron chi connectivity index (χ4n) is 6.79. The Kier molecular flexibility index (Phi) is 12.4. The first-order valence-electron chi connectivity index (χ1n) is 19.3. The number of hydroxylamine groups is 2. The van der Waals surface area contributed by atoms with Crippen molar-refractivity contribution in [3.05, 3.63) is 114 Å². The van der Waals surface area contributed by atoms with Gasteiger partial charge in [-0.05, 0) is 111 Å². The number of aromatic nitrogens is 4. The van der Waals surface area contributed by atoms with Gasteiger partial charge < -0.3 is 0 Å². The summed E-state index contributed by atoms with van der Waals surface area (Å²) >= 11 is 6.52. The molecule has 2 aromatic carbocycles. The van der Waals surface area contributed by atoms with Crippen molar-refractivity contribution in [1.82, 2.24) is 30.9 Å². The third-order valence-corrected chi connectivity index (χ3v) is 14.9. The Labute approximate surface area is 350 Å². The molecule has 0 saturated heterocycles. The van der Waals surface area contributed by atoms with Gasteiger partial charge in [-0.3, -0.25) is 29.6 Å². The van der Waals surface area contributed by atoms with Gasteiger partial charge >= 0.3 is 0 Å². The number of nitrogens with one attached hydrogen (secondary N) is 2. The van der Waals surface area contributed by atoms with Crippen molar-refractivity contribution < 1.29 is 29.6 Å². The van der Waals surface area contributed by atoms with Gasteiger partial charge in [0.2, 0.25) is 0 Å². The number of aryl methyl sites for hydroxylation is 4. The van der Waals surface area contributed by atoms with Crippen LogP contribution in [0.4, 0.5) is 0 Å². The van der Waals surface area contributed by atoms with Crippen LogP contribution in [0.2, 0.25) is 0 Å². The molecule has 6 aromatic rings. The standard InChI is InChI=1S/C23H23N3O3S2.C19H17N3O3S2/c27-17(12-7-13-5-8-15(9-6-13)21(28)26-29)19-20(14-10-11-14)31-23(25-19)22-24-16-3-1-2-4-18(16)30-22;23-14(8-3-11-1-4-13(5-2-11)17(24)22-25)15-16(12-6-7-12)27-19(21-15)18-20-9-10-26-18/h5-6,8-9,14,29H,1-4,7,10-12H2,(H,26,28);1-2,4-5,9-10,12,25H,3,6-8H2,(H,22,24). The zero-order valence-corrected chi connectivity index (χ0v) is 34.6. The fourth-order valence-corrected chi connectivity index (χ4v) is 11.1. The molecule has 3 aliphatic rings. The van der Waals surface area contributed by atoms with E-state index in [2.05, 4.69) is 9.97 Å². The number of benzene rings is 2. The van der Waals surface area contributed by atoms with Crippen LogP contribution in [0.3, 0.4) is 0 Å². The molecule has 0 bridgehead atoms. The molecule has 0 aliphatic heterocycles. The summed E-state index contributed by atoms with van der Waals surface area (Å²) in [7, 11) is 0. The number of amides is 2. The van der Waals surface area contributed by atoms with Crippen molar-refractivity contribution in [3.63, 3.8) is 0 Å². The molecule has 0 radical (unpaired) electrons. The molecular formula is C42H40N6O6S4. The maximum absolute atomic E-state index is 13.1. The molecule has 2 saturated carbocycles. The molecule has 2 amide bonds. The molecule has 12 nitrogen and oxygen atoms in total. The minimum absolute atomic E-state index is 0.0492. The van der Waals surface area contributed by atoms with E-state index in [0.717, 1.165) is 79.4 Å². The van der Waals surface area contributed by atoms with Gasteiger partial charge in [-0.1, -0.05) is 24.3 Å². The third kappa shape index (κ3) is 9.38. The van der Waals surface area contributed by atoms with Crippen molar-refractivity contribution in [3.8, 4) is 20.0 Å². The fraction of sp³-hybridized carbons (Fsp3) is 0.333. The second-order valence-electron chi connectivity index (χ2n) is 14.6. The number of thiazole rings is 4. The van der Waals surface area contributed by atoms with Crippen molar-refractivity contribution in [2.24, 2.45) is 0 Å². The highest BCUT2D eigenvalue weighted by Crippen LogP contribution is 2.48. The Bertz CT molecular complexity index is 2410. The highest BCUT2D eigenvalue weighted by atomic mass is 32.1. The minimum Gasteiger partial charge on any atom is -0.292 e. The number of ketones is 2. The van der Waals surface area contributed by atoms with E-state index in [4.69, 9.17) is 20.4 Å². The van der Waals surface area contributed by atoms with Crippen LogP contribution in [0.15, 0.2) is 60.1 Å². The average Bonchev–Trinajstić information content (AvgIpc) is 4.03. The van der Waals surface area contributed by atoms with Gasteiger partial charge in [-0.15, -0.1) is 45.3 Å². The highest BCUT2D eigenvalue weighted by Gasteiger charge is 2.34. The lowest BCUT2D eigenvalue weighted by Gasteiger charge is -2.06. The Morgan fingerprint density at radius 2 is 1.10 bits per heavy atom. The SMILES string of the molecule is O=C(NO)c1ccc(CCC(=O)c2nc(-c3nc4c(s3)CCCC4)sc2C2CC2)cc1.O=C(NO)c1ccc(CCC(=O)c2nc(-c3nccs3)sc2C2CC2)cc1.